The summed E-state index contributed by atoms with van der Waals surface area (Å²) >= 11 is 5.85. The molecule has 0 saturated carbocycles. The van der Waals surface area contributed by atoms with E-state index in [9.17, 15) is 0 Å². The van der Waals surface area contributed by atoms with E-state index in [1.165, 1.54) is 0 Å². The monoisotopic (exact) mass is 207 g/mol. The van der Waals surface area contributed by atoms with Gasteiger partial charge < -0.3 is 10.3 Å². The highest BCUT2D eigenvalue weighted by atomic mass is 35.5. The van der Waals surface area contributed by atoms with Gasteiger partial charge in [0.2, 0.25) is 5.95 Å². The van der Waals surface area contributed by atoms with Crippen molar-refractivity contribution in [3.63, 3.8) is 0 Å². The summed E-state index contributed by atoms with van der Waals surface area (Å²) in [7, 11) is 0. The number of hydrogen-bond donors (Lipinski definition) is 2. The molecule has 2 rings (SSSR count). The minimum Gasteiger partial charge on any atom is -0.328 e. The fourth-order valence-electron chi connectivity index (χ4n) is 1.18. The van der Waals surface area contributed by atoms with Crippen LogP contribution in [0.1, 0.15) is 5.69 Å². The molecule has 1 aromatic carbocycles. The van der Waals surface area contributed by atoms with Crippen LogP contribution in [0.15, 0.2) is 30.5 Å². The van der Waals surface area contributed by atoms with E-state index in [2.05, 4.69) is 15.3 Å². The molecule has 0 aliphatic carbocycles. The molecular formula is C10H10ClN3. The van der Waals surface area contributed by atoms with Crippen molar-refractivity contribution in [1.29, 1.82) is 0 Å². The number of H-pyrrole nitrogens is 1. The fraction of sp³-hybridized carbons (Fsp3) is 0.100. The third-order valence-corrected chi connectivity index (χ3v) is 2.03. The number of aromatic amines is 1. The lowest BCUT2D eigenvalue weighted by Crippen LogP contribution is -1.91. The van der Waals surface area contributed by atoms with Crippen molar-refractivity contribution in [1.82, 2.24) is 9.97 Å². The van der Waals surface area contributed by atoms with Gasteiger partial charge in [0.1, 0.15) is 0 Å². The average Bonchev–Trinajstić information content (AvgIpc) is 2.51. The van der Waals surface area contributed by atoms with E-state index >= 15 is 0 Å². The maximum absolute atomic E-state index is 5.85. The van der Waals surface area contributed by atoms with E-state index in [-0.39, 0.29) is 0 Å². The van der Waals surface area contributed by atoms with Crippen molar-refractivity contribution in [2.24, 2.45) is 0 Å². The molecule has 72 valence electrons. The molecule has 1 heterocycles. The van der Waals surface area contributed by atoms with E-state index in [1.54, 1.807) is 6.20 Å². The second-order valence-electron chi connectivity index (χ2n) is 3.05. The van der Waals surface area contributed by atoms with Gasteiger partial charge in [-0.25, -0.2) is 4.98 Å². The zero-order valence-corrected chi connectivity index (χ0v) is 8.47. The number of aromatic nitrogens is 2. The molecule has 4 heteroatoms. The van der Waals surface area contributed by atoms with Crippen LogP contribution in [0.25, 0.3) is 0 Å². The molecule has 0 radical (unpaired) electrons. The number of benzene rings is 1. The third kappa shape index (κ3) is 2.06. The Morgan fingerprint density at radius 2 is 2.29 bits per heavy atom. The van der Waals surface area contributed by atoms with Crippen molar-refractivity contribution in [2.45, 2.75) is 6.92 Å². The number of anilines is 2. The van der Waals surface area contributed by atoms with Gasteiger partial charge in [0, 0.05) is 22.6 Å². The fourth-order valence-corrected chi connectivity index (χ4v) is 1.37. The van der Waals surface area contributed by atoms with Gasteiger partial charge in [-0.15, -0.1) is 0 Å². The summed E-state index contributed by atoms with van der Waals surface area (Å²) in [5.41, 5.74) is 1.95. The Labute approximate surface area is 87.1 Å². The van der Waals surface area contributed by atoms with Gasteiger partial charge in [-0.3, -0.25) is 0 Å². The largest absolute Gasteiger partial charge is 0.328 e. The highest BCUT2D eigenvalue weighted by molar-refractivity contribution is 6.30. The maximum Gasteiger partial charge on any atom is 0.204 e. The van der Waals surface area contributed by atoms with Gasteiger partial charge >= 0.3 is 0 Å². The highest BCUT2D eigenvalue weighted by Gasteiger charge is 1.97. The van der Waals surface area contributed by atoms with Crippen molar-refractivity contribution in [3.05, 3.63) is 41.2 Å². The number of nitrogens with one attached hydrogen (secondary N) is 2. The van der Waals surface area contributed by atoms with Crippen molar-refractivity contribution in [2.75, 3.05) is 5.32 Å². The molecular weight excluding hydrogens is 198 g/mol. The predicted molar refractivity (Wildman–Crippen MR) is 58.1 cm³/mol. The van der Waals surface area contributed by atoms with Crippen LogP contribution in [0.4, 0.5) is 11.6 Å². The number of rotatable bonds is 2. The van der Waals surface area contributed by atoms with Gasteiger partial charge in [0.15, 0.2) is 0 Å². The summed E-state index contributed by atoms with van der Waals surface area (Å²) < 4.78 is 0. The Balaban J connectivity index is 2.18. The topological polar surface area (TPSA) is 40.7 Å². The molecule has 0 amide bonds. The lowest BCUT2D eigenvalue weighted by molar-refractivity contribution is 1.24. The third-order valence-electron chi connectivity index (χ3n) is 1.79. The minimum atomic E-state index is 0.707. The lowest BCUT2D eigenvalue weighted by atomic mass is 10.3. The molecule has 3 nitrogen and oxygen atoms in total. The molecule has 0 aliphatic rings. The van der Waals surface area contributed by atoms with Gasteiger partial charge in [-0.05, 0) is 25.1 Å². The van der Waals surface area contributed by atoms with Crippen LogP contribution in [-0.2, 0) is 0 Å². The lowest BCUT2D eigenvalue weighted by Gasteiger charge is -2.02. The van der Waals surface area contributed by atoms with E-state index in [0.29, 0.717) is 5.02 Å². The average molecular weight is 208 g/mol. The van der Waals surface area contributed by atoms with Crippen molar-refractivity contribution >= 4 is 23.2 Å². The molecule has 2 N–H and O–H groups in total. The quantitative estimate of drug-likeness (QED) is 0.795. The van der Waals surface area contributed by atoms with Crippen LogP contribution < -0.4 is 5.32 Å². The minimum absolute atomic E-state index is 0.707. The van der Waals surface area contributed by atoms with Crippen LogP contribution in [-0.4, -0.2) is 9.97 Å². The highest BCUT2D eigenvalue weighted by Crippen LogP contribution is 2.17. The van der Waals surface area contributed by atoms with Crippen LogP contribution in [0.5, 0.6) is 0 Å². The summed E-state index contributed by atoms with van der Waals surface area (Å²) in [6, 6.07) is 7.50. The Morgan fingerprint density at radius 1 is 1.43 bits per heavy atom. The maximum atomic E-state index is 5.85. The summed E-state index contributed by atoms with van der Waals surface area (Å²) in [6.07, 6.45) is 1.77. The Hall–Kier alpha value is -1.48. The standard InChI is InChI=1S/C10H10ClN3/c1-7-6-12-10(13-7)14-9-4-2-3-8(11)5-9/h2-6H,1H3,(H2,12,13,14). The molecule has 14 heavy (non-hydrogen) atoms. The van der Waals surface area contributed by atoms with E-state index < -0.39 is 0 Å². The molecule has 0 unspecified atom stereocenters. The molecule has 1 aromatic heterocycles. The summed E-state index contributed by atoms with van der Waals surface area (Å²) in [5, 5.41) is 3.82. The number of halogens is 1. The molecule has 0 fully saturated rings. The van der Waals surface area contributed by atoms with E-state index in [0.717, 1.165) is 17.3 Å². The summed E-state index contributed by atoms with van der Waals surface area (Å²) in [4.78, 5) is 7.21. The van der Waals surface area contributed by atoms with Gasteiger partial charge in [-0.2, -0.15) is 0 Å². The first kappa shape index (κ1) is 9.09. The van der Waals surface area contributed by atoms with Crippen LogP contribution >= 0.6 is 11.6 Å². The second-order valence-corrected chi connectivity index (χ2v) is 3.49. The van der Waals surface area contributed by atoms with Gasteiger partial charge in [0.05, 0.1) is 0 Å². The number of hydrogen-bond acceptors (Lipinski definition) is 2. The Morgan fingerprint density at radius 3 is 2.93 bits per heavy atom. The molecule has 0 spiro atoms. The molecule has 2 aromatic rings. The Bertz CT molecular complexity index is 436. The number of imidazole rings is 1. The smallest absolute Gasteiger partial charge is 0.204 e. The number of aryl methyl sites for hydroxylation is 1. The number of nitrogens with zero attached hydrogens (tertiary/aromatic N) is 1. The zero-order valence-electron chi connectivity index (χ0n) is 7.71. The van der Waals surface area contributed by atoms with Gasteiger partial charge in [0.25, 0.3) is 0 Å². The molecule has 0 aliphatic heterocycles. The normalized spacial score (nSPS) is 10.1. The SMILES string of the molecule is Cc1cnc(Nc2cccc(Cl)c2)[nH]1. The van der Waals surface area contributed by atoms with E-state index in [1.807, 2.05) is 31.2 Å². The Kier molecular flexibility index (Phi) is 2.41. The first-order valence-electron chi connectivity index (χ1n) is 4.28. The molecule has 0 atom stereocenters. The second kappa shape index (κ2) is 3.72. The first-order valence-corrected chi connectivity index (χ1v) is 4.66. The van der Waals surface area contributed by atoms with Crippen LogP contribution in [0.2, 0.25) is 5.02 Å². The van der Waals surface area contributed by atoms with Crippen LogP contribution in [0.3, 0.4) is 0 Å². The molecule has 0 saturated heterocycles. The molecule has 0 bridgehead atoms. The zero-order chi connectivity index (χ0) is 9.97. The predicted octanol–water partition coefficient (Wildman–Crippen LogP) is 3.12. The van der Waals surface area contributed by atoms with E-state index in [4.69, 9.17) is 11.6 Å². The van der Waals surface area contributed by atoms with Crippen molar-refractivity contribution in [3.8, 4) is 0 Å². The van der Waals surface area contributed by atoms with Crippen LogP contribution in [0, 0.1) is 6.92 Å². The van der Waals surface area contributed by atoms with Gasteiger partial charge in [-0.1, -0.05) is 17.7 Å². The summed E-state index contributed by atoms with van der Waals surface area (Å²) in [5.74, 6) is 0.727. The first-order chi connectivity index (χ1) is 6.74. The van der Waals surface area contributed by atoms with Crippen molar-refractivity contribution < 1.29 is 0 Å². The summed E-state index contributed by atoms with van der Waals surface area (Å²) in [6.45, 7) is 1.95.